The maximum atomic E-state index is 9.81. The highest BCUT2D eigenvalue weighted by molar-refractivity contribution is 6.32. The molecule has 0 unspecified atom stereocenters. The first-order chi connectivity index (χ1) is 6.68. The summed E-state index contributed by atoms with van der Waals surface area (Å²) < 4.78 is 0. The predicted octanol–water partition coefficient (Wildman–Crippen LogP) is 2.78. The summed E-state index contributed by atoms with van der Waals surface area (Å²) in [5.41, 5.74) is 2.03. The van der Waals surface area contributed by atoms with Crippen LogP contribution in [-0.4, -0.2) is 11.7 Å². The Morgan fingerprint density at radius 2 is 2.29 bits per heavy atom. The maximum Gasteiger partial charge on any atom is 0.138 e. The molecule has 1 aliphatic heterocycles. The number of aryl methyl sites for hydroxylation is 1. The third-order valence-electron chi connectivity index (χ3n) is 2.67. The van der Waals surface area contributed by atoms with Crippen LogP contribution in [0.3, 0.4) is 0 Å². The van der Waals surface area contributed by atoms with Gasteiger partial charge in [-0.1, -0.05) is 17.7 Å². The lowest BCUT2D eigenvalue weighted by Gasteiger charge is -2.14. The van der Waals surface area contributed by atoms with Crippen LogP contribution in [0, 0.1) is 6.92 Å². The van der Waals surface area contributed by atoms with E-state index in [0.29, 0.717) is 5.02 Å². The highest BCUT2D eigenvalue weighted by atomic mass is 35.5. The molecular formula is C11H14ClNO. The van der Waals surface area contributed by atoms with E-state index in [9.17, 15) is 5.11 Å². The summed E-state index contributed by atoms with van der Waals surface area (Å²) in [5, 5.41) is 13.6. The Hall–Kier alpha value is -0.730. The summed E-state index contributed by atoms with van der Waals surface area (Å²) in [5.74, 6) is 0.233. The molecule has 1 saturated heterocycles. The average Bonchev–Trinajstić information content (AvgIpc) is 2.63. The fourth-order valence-corrected chi connectivity index (χ4v) is 2.26. The number of phenols is 1. The van der Waals surface area contributed by atoms with Crippen LogP contribution in [0.5, 0.6) is 5.75 Å². The molecule has 0 bridgehead atoms. The Kier molecular flexibility index (Phi) is 2.66. The zero-order chi connectivity index (χ0) is 10.1. The quantitative estimate of drug-likeness (QED) is 0.749. The van der Waals surface area contributed by atoms with Crippen LogP contribution in [0.1, 0.15) is 30.0 Å². The van der Waals surface area contributed by atoms with Gasteiger partial charge in [-0.15, -0.1) is 0 Å². The summed E-state index contributed by atoms with van der Waals surface area (Å²) >= 11 is 5.92. The van der Waals surface area contributed by atoms with Gasteiger partial charge in [-0.25, -0.2) is 0 Å². The number of halogens is 1. The topological polar surface area (TPSA) is 32.3 Å². The Labute approximate surface area is 88.9 Å². The average molecular weight is 212 g/mol. The molecule has 0 radical (unpaired) electrons. The lowest BCUT2D eigenvalue weighted by Crippen LogP contribution is -2.13. The van der Waals surface area contributed by atoms with Gasteiger partial charge in [-0.3, -0.25) is 0 Å². The summed E-state index contributed by atoms with van der Waals surface area (Å²) in [6.45, 7) is 3.01. The molecule has 14 heavy (non-hydrogen) atoms. The minimum Gasteiger partial charge on any atom is -0.506 e. The van der Waals surface area contributed by atoms with Crippen molar-refractivity contribution in [1.29, 1.82) is 0 Å². The second kappa shape index (κ2) is 3.79. The van der Waals surface area contributed by atoms with E-state index >= 15 is 0 Å². The number of hydrogen-bond acceptors (Lipinski definition) is 2. The lowest BCUT2D eigenvalue weighted by atomic mass is 10.0. The molecule has 1 fully saturated rings. The molecule has 76 valence electrons. The van der Waals surface area contributed by atoms with Crippen LogP contribution in [0.2, 0.25) is 5.02 Å². The van der Waals surface area contributed by atoms with E-state index in [0.717, 1.165) is 30.5 Å². The molecule has 0 amide bonds. The Bertz CT molecular complexity index is 345. The SMILES string of the molecule is Cc1cc(Cl)c(O)c([C@@H]2CCCN2)c1. The van der Waals surface area contributed by atoms with E-state index in [2.05, 4.69) is 5.32 Å². The largest absolute Gasteiger partial charge is 0.506 e. The van der Waals surface area contributed by atoms with E-state index in [1.165, 1.54) is 0 Å². The van der Waals surface area contributed by atoms with E-state index in [1.807, 2.05) is 13.0 Å². The normalized spacial score (nSPS) is 21.4. The number of hydrogen-bond donors (Lipinski definition) is 2. The number of benzene rings is 1. The molecule has 0 spiro atoms. The van der Waals surface area contributed by atoms with Gasteiger partial charge in [0.25, 0.3) is 0 Å². The van der Waals surface area contributed by atoms with Crippen LogP contribution < -0.4 is 5.32 Å². The minimum absolute atomic E-state index is 0.233. The number of phenolic OH excluding ortho intramolecular Hbond substituents is 1. The van der Waals surface area contributed by atoms with E-state index in [1.54, 1.807) is 6.07 Å². The van der Waals surface area contributed by atoms with Crippen molar-refractivity contribution in [2.24, 2.45) is 0 Å². The first kappa shape index (κ1) is 9.81. The molecule has 2 N–H and O–H groups in total. The van der Waals surface area contributed by atoms with Crippen molar-refractivity contribution in [2.45, 2.75) is 25.8 Å². The van der Waals surface area contributed by atoms with Crippen molar-refractivity contribution < 1.29 is 5.11 Å². The number of nitrogens with one attached hydrogen (secondary N) is 1. The molecule has 2 rings (SSSR count). The van der Waals surface area contributed by atoms with Gasteiger partial charge >= 0.3 is 0 Å². The summed E-state index contributed by atoms with van der Waals surface area (Å²) in [4.78, 5) is 0. The van der Waals surface area contributed by atoms with Gasteiger partial charge in [0, 0.05) is 11.6 Å². The van der Waals surface area contributed by atoms with Gasteiger partial charge < -0.3 is 10.4 Å². The third kappa shape index (κ3) is 1.72. The molecule has 1 atom stereocenters. The predicted molar refractivity (Wildman–Crippen MR) is 57.8 cm³/mol. The fraction of sp³-hybridized carbons (Fsp3) is 0.455. The van der Waals surface area contributed by atoms with E-state index < -0.39 is 0 Å². The van der Waals surface area contributed by atoms with Crippen molar-refractivity contribution in [1.82, 2.24) is 5.32 Å². The van der Waals surface area contributed by atoms with Gasteiger partial charge in [-0.05, 0) is 37.9 Å². The van der Waals surface area contributed by atoms with Gasteiger partial charge in [0.05, 0.1) is 5.02 Å². The minimum atomic E-state index is 0.233. The van der Waals surface area contributed by atoms with E-state index in [-0.39, 0.29) is 11.8 Å². The smallest absolute Gasteiger partial charge is 0.138 e. The summed E-state index contributed by atoms with van der Waals surface area (Å²) in [6.07, 6.45) is 2.24. The fourth-order valence-electron chi connectivity index (χ4n) is 1.98. The molecule has 0 saturated carbocycles. The Morgan fingerprint density at radius 3 is 2.93 bits per heavy atom. The number of rotatable bonds is 1. The van der Waals surface area contributed by atoms with Gasteiger partial charge in [0.2, 0.25) is 0 Å². The monoisotopic (exact) mass is 211 g/mol. The molecular weight excluding hydrogens is 198 g/mol. The first-order valence-electron chi connectivity index (χ1n) is 4.91. The highest BCUT2D eigenvalue weighted by Gasteiger charge is 2.20. The third-order valence-corrected chi connectivity index (χ3v) is 2.96. The molecule has 1 heterocycles. The zero-order valence-electron chi connectivity index (χ0n) is 8.18. The standard InChI is InChI=1S/C11H14ClNO/c1-7-5-8(10-3-2-4-13-10)11(14)9(12)6-7/h5-6,10,13-14H,2-4H2,1H3/t10-/m0/s1. The van der Waals surface area contributed by atoms with E-state index in [4.69, 9.17) is 11.6 Å². The van der Waals surface area contributed by atoms with Crippen molar-refractivity contribution in [3.63, 3.8) is 0 Å². The molecule has 2 nitrogen and oxygen atoms in total. The van der Waals surface area contributed by atoms with Crippen LogP contribution in [0.15, 0.2) is 12.1 Å². The molecule has 0 aromatic heterocycles. The van der Waals surface area contributed by atoms with Crippen molar-refractivity contribution in [3.8, 4) is 5.75 Å². The lowest BCUT2D eigenvalue weighted by molar-refractivity contribution is 0.457. The molecule has 1 aromatic rings. The zero-order valence-corrected chi connectivity index (χ0v) is 8.93. The van der Waals surface area contributed by atoms with Gasteiger partial charge in [-0.2, -0.15) is 0 Å². The maximum absolute atomic E-state index is 9.81. The molecule has 3 heteroatoms. The number of aromatic hydroxyl groups is 1. The van der Waals surface area contributed by atoms with Gasteiger partial charge in [0.1, 0.15) is 5.75 Å². The second-order valence-corrected chi connectivity index (χ2v) is 4.24. The first-order valence-corrected chi connectivity index (χ1v) is 5.28. The molecule has 1 aliphatic rings. The molecule has 0 aliphatic carbocycles. The Balaban J connectivity index is 2.40. The van der Waals surface area contributed by atoms with Crippen molar-refractivity contribution >= 4 is 11.6 Å². The van der Waals surface area contributed by atoms with Crippen LogP contribution in [0.25, 0.3) is 0 Å². The highest BCUT2D eigenvalue weighted by Crippen LogP contribution is 2.36. The van der Waals surface area contributed by atoms with Gasteiger partial charge in [0.15, 0.2) is 0 Å². The van der Waals surface area contributed by atoms with Crippen molar-refractivity contribution in [3.05, 3.63) is 28.3 Å². The summed E-state index contributed by atoms with van der Waals surface area (Å²) in [6, 6.07) is 4.06. The van der Waals surface area contributed by atoms with Crippen LogP contribution in [-0.2, 0) is 0 Å². The Morgan fingerprint density at radius 1 is 1.50 bits per heavy atom. The molecule has 1 aromatic carbocycles. The second-order valence-electron chi connectivity index (χ2n) is 3.83. The summed E-state index contributed by atoms with van der Waals surface area (Å²) in [7, 11) is 0. The van der Waals surface area contributed by atoms with Crippen LogP contribution >= 0.6 is 11.6 Å². The van der Waals surface area contributed by atoms with Crippen molar-refractivity contribution in [2.75, 3.05) is 6.54 Å². The van der Waals surface area contributed by atoms with Crippen LogP contribution in [0.4, 0.5) is 0 Å².